The molecule has 4 rings (SSSR count). The Morgan fingerprint density at radius 2 is 1.88 bits per heavy atom. The molecule has 1 amide bonds. The van der Waals surface area contributed by atoms with E-state index in [-0.39, 0.29) is 23.5 Å². The van der Waals surface area contributed by atoms with Crippen molar-refractivity contribution < 1.29 is 14.3 Å². The second-order valence-electron chi connectivity index (χ2n) is 8.85. The molecular formula is C27H34N2O3S. The van der Waals surface area contributed by atoms with E-state index < -0.39 is 0 Å². The van der Waals surface area contributed by atoms with Gasteiger partial charge in [0.25, 0.3) is 0 Å². The van der Waals surface area contributed by atoms with Crippen molar-refractivity contribution in [3.8, 4) is 5.75 Å². The van der Waals surface area contributed by atoms with Gasteiger partial charge in [-0.1, -0.05) is 48.6 Å². The summed E-state index contributed by atoms with van der Waals surface area (Å²) < 4.78 is 11.3. The summed E-state index contributed by atoms with van der Waals surface area (Å²) >= 11 is 1.55. The Morgan fingerprint density at radius 1 is 1.15 bits per heavy atom. The van der Waals surface area contributed by atoms with Crippen LogP contribution in [0, 0.1) is 0 Å². The maximum Gasteiger partial charge on any atom is 0.230 e. The number of likely N-dealkylation sites (tertiary alicyclic amines) is 1. The monoisotopic (exact) mass is 466 g/mol. The van der Waals surface area contributed by atoms with Crippen LogP contribution in [0.15, 0.2) is 54.6 Å². The first-order chi connectivity index (χ1) is 16.1. The van der Waals surface area contributed by atoms with Crippen LogP contribution < -0.4 is 10.1 Å². The van der Waals surface area contributed by atoms with Gasteiger partial charge < -0.3 is 14.8 Å². The van der Waals surface area contributed by atoms with Crippen LogP contribution in [0.5, 0.6) is 5.75 Å². The predicted molar refractivity (Wildman–Crippen MR) is 136 cm³/mol. The average molecular weight is 467 g/mol. The van der Waals surface area contributed by atoms with Gasteiger partial charge >= 0.3 is 0 Å². The van der Waals surface area contributed by atoms with Crippen molar-refractivity contribution in [2.45, 2.75) is 30.4 Å². The second kappa shape index (κ2) is 10.8. The van der Waals surface area contributed by atoms with Crippen LogP contribution >= 0.6 is 11.8 Å². The lowest BCUT2D eigenvalue weighted by Gasteiger charge is -2.44. The Hall–Kier alpha value is -2.28. The molecule has 5 nitrogen and oxygen atoms in total. The Morgan fingerprint density at radius 3 is 2.55 bits per heavy atom. The van der Waals surface area contributed by atoms with Gasteiger partial charge in [0.2, 0.25) is 5.91 Å². The maximum absolute atomic E-state index is 12.5. The molecule has 1 spiro atoms. The summed E-state index contributed by atoms with van der Waals surface area (Å²) in [4.78, 5) is 15.0. The number of nitrogens with zero attached hydrogens (tertiary/aromatic N) is 1. The highest BCUT2D eigenvalue weighted by molar-refractivity contribution is 7.99. The maximum atomic E-state index is 12.5. The lowest BCUT2D eigenvalue weighted by atomic mass is 9.72. The molecule has 2 atom stereocenters. The molecule has 6 heteroatoms. The van der Waals surface area contributed by atoms with Gasteiger partial charge in [-0.05, 0) is 61.0 Å². The number of fused-ring (bicyclic) bond motifs is 2. The van der Waals surface area contributed by atoms with Crippen molar-refractivity contribution in [2.24, 2.45) is 0 Å². The van der Waals surface area contributed by atoms with Crippen molar-refractivity contribution >= 4 is 23.7 Å². The Bertz CT molecular complexity index is 968. The van der Waals surface area contributed by atoms with Gasteiger partial charge in [0.15, 0.2) is 0 Å². The number of ether oxygens (including phenoxy) is 2. The third-order valence-electron chi connectivity index (χ3n) is 7.06. The summed E-state index contributed by atoms with van der Waals surface area (Å²) in [6, 6.07) is 16.6. The minimum Gasteiger partial charge on any atom is -0.497 e. The number of amides is 1. The Labute approximate surface area is 201 Å². The molecule has 0 aromatic heterocycles. The fraction of sp³-hybridized carbons (Fsp3) is 0.444. The molecule has 176 valence electrons. The first kappa shape index (κ1) is 23.9. The molecule has 1 saturated heterocycles. The molecule has 0 radical (unpaired) electrons. The SMILES string of the molecule is COc1ccc(/C=C/CN2CCC3(CC2)c2ccccc2[C@H](NC(=O)CSC)[C@H]3OC)cc1. The highest BCUT2D eigenvalue weighted by Crippen LogP contribution is 2.52. The lowest BCUT2D eigenvalue weighted by Crippen LogP contribution is -2.50. The van der Waals surface area contributed by atoms with Gasteiger partial charge in [0.05, 0.1) is 25.0 Å². The molecule has 2 aromatic carbocycles. The summed E-state index contributed by atoms with van der Waals surface area (Å²) in [5.41, 5.74) is 3.68. The zero-order valence-corrected chi connectivity index (χ0v) is 20.6. The minimum absolute atomic E-state index is 0.0438. The summed E-state index contributed by atoms with van der Waals surface area (Å²) in [5, 5.41) is 3.26. The zero-order valence-electron chi connectivity index (χ0n) is 19.8. The molecule has 2 aromatic rings. The van der Waals surface area contributed by atoms with E-state index in [2.05, 4.69) is 58.8 Å². The Kier molecular flexibility index (Phi) is 7.78. The number of nitrogens with one attached hydrogen (secondary N) is 1. The second-order valence-corrected chi connectivity index (χ2v) is 9.72. The standard InChI is InChI=1S/C27H34N2O3S/c1-31-21-12-10-20(11-13-21)7-6-16-29-17-14-27(15-18-29)23-9-5-4-8-22(23)25(26(27)32-2)28-24(30)19-33-3/h4-13,25-26H,14-19H2,1-3H3,(H,28,30)/b7-6+/t25-,26+/m0/s1. The first-order valence-electron chi connectivity index (χ1n) is 11.5. The average Bonchev–Trinajstić information content (AvgIpc) is 3.09. The molecule has 0 bridgehead atoms. The Balaban J connectivity index is 1.44. The minimum atomic E-state index is -0.0904. The topological polar surface area (TPSA) is 50.8 Å². The molecule has 1 heterocycles. The normalized spacial score (nSPS) is 21.9. The number of benzene rings is 2. The van der Waals surface area contributed by atoms with Gasteiger partial charge in [-0.3, -0.25) is 9.69 Å². The van der Waals surface area contributed by atoms with E-state index in [4.69, 9.17) is 9.47 Å². The molecule has 1 aliphatic heterocycles. The van der Waals surface area contributed by atoms with Crippen LogP contribution in [-0.4, -0.2) is 62.8 Å². The number of piperidine rings is 1. The van der Waals surface area contributed by atoms with E-state index in [1.807, 2.05) is 18.4 Å². The molecule has 0 unspecified atom stereocenters. The molecule has 0 saturated carbocycles. The van der Waals surface area contributed by atoms with Gasteiger partial charge in [0.1, 0.15) is 5.75 Å². The summed E-state index contributed by atoms with van der Waals surface area (Å²) in [7, 11) is 3.47. The molecule has 33 heavy (non-hydrogen) atoms. The number of hydrogen-bond donors (Lipinski definition) is 1. The quantitative estimate of drug-likeness (QED) is 0.629. The number of rotatable bonds is 8. The lowest BCUT2D eigenvalue weighted by molar-refractivity contribution is -0.120. The van der Waals surface area contributed by atoms with Gasteiger partial charge in [0, 0.05) is 19.1 Å². The summed E-state index contributed by atoms with van der Waals surface area (Å²) in [5.74, 6) is 1.42. The van der Waals surface area contributed by atoms with E-state index in [9.17, 15) is 4.79 Å². The smallest absolute Gasteiger partial charge is 0.230 e. The number of carbonyl (C=O) groups excluding carboxylic acids is 1. The third kappa shape index (κ3) is 4.98. The van der Waals surface area contributed by atoms with Crippen LogP contribution in [-0.2, 0) is 14.9 Å². The van der Waals surface area contributed by atoms with Crippen molar-refractivity contribution in [3.05, 3.63) is 71.3 Å². The molecular weight excluding hydrogens is 432 g/mol. The van der Waals surface area contributed by atoms with E-state index >= 15 is 0 Å². The largest absolute Gasteiger partial charge is 0.497 e. The first-order valence-corrected chi connectivity index (χ1v) is 12.9. The highest BCUT2D eigenvalue weighted by atomic mass is 32.2. The van der Waals surface area contributed by atoms with Crippen molar-refractivity contribution in [1.82, 2.24) is 10.2 Å². The van der Waals surface area contributed by atoms with E-state index in [1.54, 1.807) is 26.0 Å². The number of methoxy groups -OCH3 is 2. The number of hydrogen-bond acceptors (Lipinski definition) is 5. The van der Waals surface area contributed by atoms with Crippen LogP contribution in [0.1, 0.15) is 35.6 Å². The third-order valence-corrected chi connectivity index (χ3v) is 7.61. The van der Waals surface area contributed by atoms with E-state index in [0.29, 0.717) is 5.75 Å². The number of thioether (sulfide) groups is 1. The summed E-state index contributed by atoms with van der Waals surface area (Å²) in [6.07, 6.45) is 8.36. The van der Waals surface area contributed by atoms with Gasteiger partial charge in [-0.25, -0.2) is 0 Å². The van der Waals surface area contributed by atoms with Crippen LogP contribution in [0.25, 0.3) is 6.08 Å². The number of carbonyl (C=O) groups is 1. The van der Waals surface area contributed by atoms with Gasteiger partial charge in [-0.15, -0.1) is 0 Å². The predicted octanol–water partition coefficient (Wildman–Crippen LogP) is 4.29. The highest BCUT2D eigenvalue weighted by Gasteiger charge is 2.53. The molecule has 1 aliphatic carbocycles. The van der Waals surface area contributed by atoms with Crippen LogP contribution in [0.4, 0.5) is 0 Å². The summed E-state index contributed by atoms with van der Waals surface area (Å²) in [6.45, 7) is 2.94. The van der Waals surface area contributed by atoms with Crippen LogP contribution in [0.2, 0.25) is 0 Å². The van der Waals surface area contributed by atoms with Crippen LogP contribution in [0.3, 0.4) is 0 Å². The zero-order chi connectivity index (χ0) is 23.3. The fourth-order valence-corrected chi connectivity index (χ4v) is 5.81. The fourth-order valence-electron chi connectivity index (χ4n) is 5.46. The molecule has 1 N–H and O–H groups in total. The van der Waals surface area contributed by atoms with E-state index in [1.165, 1.54) is 16.7 Å². The van der Waals surface area contributed by atoms with Crippen molar-refractivity contribution in [3.63, 3.8) is 0 Å². The van der Waals surface area contributed by atoms with Crippen molar-refractivity contribution in [2.75, 3.05) is 45.9 Å². The van der Waals surface area contributed by atoms with Gasteiger partial charge in [-0.2, -0.15) is 11.8 Å². The van der Waals surface area contributed by atoms with Crippen molar-refractivity contribution in [1.29, 1.82) is 0 Å². The van der Waals surface area contributed by atoms with E-state index in [0.717, 1.165) is 38.2 Å². The molecule has 1 fully saturated rings. The molecule has 2 aliphatic rings.